The summed E-state index contributed by atoms with van der Waals surface area (Å²) in [4.78, 5) is 0. The highest BCUT2D eigenvalue weighted by atomic mass is 14.4. The Hall–Kier alpha value is -6.76. The summed E-state index contributed by atoms with van der Waals surface area (Å²) in [5, 5.41) is 10.2. The molecule has 0 heteroatoms. The van der Waals surface area contributed by atoms with Crippen LogP contribution in [-0.4, -0.2) is 0 Å². The molecule has 55 heavy (non-hydrogen) atoms. The van der Waals surface area contributed by atoms with Crippen molar-refractivity contribution in [3.8, 4) is 55.6 Å². The molecule has 0 heterocycles. The Morgan fingerprint density at radius 3 is 1.36 bits per heavy atom. The zero-order chi connectivity index (χ0) is 36.7. The molecule has 0 nitrogen and oxygen atoms in total. The van der Waals surface area contributed by atoms with Gasteiger partial charge in [-0.2, -0.15) is 0 Å². The molecule has 0 N–H and O–H groups in total. The van der Waals surface area contributed by atoms with Crippen molar-refractivity contribution in [2.45, 2.75) is 19.3 Å². The molecule has 0 radical (unpaired) electrons. The number of hydrogen-bond donors (Lipinski definition) is 0. The van der Waals surface area contributed by atoms with Crippen molar-refractivity contribution in [3.63, 3.8) is 0 Å². The highest BCUT2D eigenvalue weighted by molar-refractivity contribution is 6.23. The second-order valence-electron chi connectivity index (χ2n) is 15.7. The lowest BCUT2D eigenvalue weighted by Gasteiger charge is -2.24. The van der Waals surface area contributed by atoms with Gasteiger partial charge in [0.2, 0.25) is 0 Å². The molecule has 1 aliphatic rings. The van der Waals surface area contributed by atoms with E-state index in [-0.39, 0.29) is 5.41 Å². The second-order valence-corrected chi connectivity index (χ2v) is 15.7. The third-order valence-electron chi connectivity index (χ3n) is 12.2. The Morgan fingerprint density at radius 2 is 0.745 bits per heavy atom. The lowest BCUT2D eigenvalue weighted by molar-refractivity contribution is 0.661. The van der Waals surface area contributed by atoms with Crippen LogP contribution >= 0.6 is 0 Å². The molecule has 258 valence electrons. The summed E-state index contributed by atoms with van der Waals surface area (Å²) in [6, 6.07) is 72.3. The van der Waals surface area contributed by atoms with Crippen LogP contribution in [0.5, 0.6) is 0 Å². The largest absolute Gasteiger partial charge is 0.0622 e. The molecular formula is C55H38. The van der Waals surface area contributed by atoms with Crippen LogP contribution in [0.25, 0.3) is 98.7 Å². The fourth-order valence-corrected chi connectivity index (χ4v) is 9.49. The molecule has 0 aliphatic heterocycles. The van der Waals surface area contributed by atoms with Gasteiger partial charge in [0.1, 0.15) is 0 Å². The minimum absolute atomic E-state index is 0.202. The van der Waals surface area contributed by atoms with E-state index in [0.29, 0.717) is 0 Å². The molecule has 10 aromatic carbocycles. The average Bonchev–Trinajstić information content (AvgIpc) is 3.46. The van der Waals surface area contributed by atoms with Crippen molar-refractivity contribution >= 4 is 43.1 Å². The molecule has 0 saturated heterocycles. The van der Waals surface area contributed by atoms with Crippen molar-refractivity contribution < 1.29 is 0 Å². The molecule has 0 unspecified atom stereocenters. The Morgan fingerprint density at radius 1 is 0.273 bits per heavy atom. The summed E-state index contributed by atoms with van der Waals surface area (Å²) in [6.07, 6.45) is 0. The Labute approximate surface area is 322 Å². The van der Waals surface area contributed by atoms with Crippen molar-refractivity contribution in [2.75, 3.05) is 0 Å². The number of hydrogen-bond acceptors (Lipinski definition) is 0. The van der Waals surface area contributed by atoms with E-state index in [9.17, 15) is 0 Å². The number of benzene rings is 10. The first-order valence-corrected chi connectivity index (χ1v) is 19.3. The Bertz CT molecular complexity index is 3160. The molecule has 0 fully saturated rings. The third-order valence-corrected chi connectivity index (χ3v) is 12.2. The van der Waals surface area contributed by atoms with Crippen molar-refractivity contribution in [1.82, 2.24) is 0 Å². The predicted molar refractivity (Wildman–Crippen MR) is 236 cm³/mol. The molecule has 11 rings (SSSR count). The fraction of sp³-hybridized carbons (Fsp3) is 0.0545. The van der Waals surface area contributed by atoms with Crippen LogP contribution in [-0.2, 0) is 5.41 Å². The van der Waals surface area contributed by atoms with Gasteiger partial charge in [0.25, 0.3) is 0 Å². The second kappa shape index (κ2) is 12.1. The van der Waals surface area contributed by atoms with E-state index >= 15 is 0 Å². The first kappa shape index (κ1) is 31.7. The van der Waals surface area contributed by atoms with E-state index in [1.54, 1.807) is 0 Å². The quantitative estimate of drug-likeness (QED) is 0.161. The minimum atomic E-state index is -0.202. The maximum atomic E-state index is 2.55. The van der Waals surface area contributed by atoms with E-state index in [1.165, 1.54) is 110 Å². The van der Waals surface area contributed by atoms with Gasteiger partial charge >= 0.3 is 0 Å². The molecule has 0 amide bonds. The molecule has 0 saturated carbocycles. The third kappa shape index (κ3) is 4.92. The first-order valence-electron chi connectivity index (χ1n) is 19.3. The molecule has 0 aromatic heterocycles. The molecule has 0 atom stereocenters. The van der Waals surface area contributed by atoms with Crippen LogP contribution in [0.4, 0.5) is 0 Å². The highest BCUT2D eigenvalue weighted by Crippen LogP contribution is 2.54. The summed E-state index contributed by atoms with van der Waals surface area (Å²) in [5.41, 5.74) is 15.3. The van der Waals surface area contributed by atoms with Gasteiger partial charge in [0, 0.05) is 5.41 Å². The van der Waals surface area contributed by atoms with Gasteiger partial charge in [0.15, 0.2) is 0 Å². The molecule has 0 bridgehead atoms. The van der Waals surface area contributed by atoms with Gasteiger partial charge in [-0.05, 0) is 140 Å². The summed E-state index contributed by atoms with van der Waals surface area (Å²) in [5.74, 6) is 0. The van der Waals surface area contributed by atoms with Crippen LogP contribution in [0, 0.1) is 0 Å². The predicted octanol–water partition coefficient (Wildman–Crippen LogP) is 15.3. The number of rotatable bonds is 4. The first-order chi connectivity index (χ1) is 27.0. The molecule has 10 aromatic rings. The van der Waals surface area contributed by atoms with Crippen LogP contribution in [0.2, 0.25) is 0 Å². The van der Waals surface area contributed by atoms with Gasteiger partial charge in [0.05, 0.1) is 0 Å². The number of fused-ring (bicyclic) bond motifs is 7. The molecular weight excluding hydrogens is 661 g/mol. The summed E-state index contributed by atoms with van der Waals surface area (Å²) in [6.45, 7) is 4.83. The van der Waals surface area contributed by atoms with Crippen LogP contribution in [0.3, 0.4) is 0 Å². The van der Waals surface area contributed by atoms with Gasteiger partial charge in [-0.3, -0.25) is 0 Å². The fourth-order valence-electron chi connectivity index (χ4n) is 9.49. The SMILES string of the molecule is CC1(C)c2cc(-c3ccccc3-c3ccccc3)ccc2-c2cc3c(-c4ccc5ccccc5c4)c4ccccc4c(-c4ccc5ccccc5c4)c3cc21. The van der Waals surface area contributed by atoms with Gasteiger partial charge in [-0.1, -0.05) is 178 Å². The van der Waals surface area contributed by atoms with Crippen LogP contribution in [0.15, 0.2) is 194 Å². The summed E-state index contributed by atoms with van der Waals surface area (Å²) < 4.78 is 0. The van der Waals surface area contributed by atoms with Crippen molar-refractivity contribution in [1.29, 1.82) is 0 Å². The zero-order valence-corrected chi connectivity index (χ0v) is 31.0. The summed E-state index contributed by atoms with van der Waals surface area (Å²) in [7, 11) is 0. The van der Waals surface area contributed by atoms with Crippen LogP contribution < -0.4 is 0 Å². The Balaban J connectivity index is 1.20. The topological polar surface area (TPSA) is 0 Å². The standard InChI is InChI=1S/C55H38/c1-55(2)51-32-40(44-21-11-10-20-43(44)37-16-4-3-5-17-37)28-29-45(51)48-33-49-50(34-52(48)55)54(42-27-25-36-15-7-9-19-39(36)31-42)47-23-13-12-22-46(47)53(49)41-26-24-35-14-6-8-18-38(35)30-41/h3-34H,1-2H3. The van der Waals surface area contributed by atoms with Gasteiger partial charge < -0.3 is 0 Å². The maximum absolute atomic E-state index is 2.55. The van der Waals surface area contributed by atoms with E-state index < -0.39 is 0 Å². The average molecular weight is 699 g/mol. The van der Waals surface area contributed by atoms with Crippen LogP contribution in [0.1, 0.15) is 25.0 Å². The van der Waals surface area contributed by atoms with E-state index in [1.807, 2.05) is 0 Å². The molecule has 1 aliphatic carbocycles. The monoisotopic (exact) mass is 698 g/mol. The van der Waals surface area contributed by atoms with E-state index in [4.69, 9.17) is 0 Å². The Kier molecular flexibility index (Phi) is 7.00. The summed E-state index contributed by atoms with van der Waals surface area (Å²) >= 11 is 0. The minimum Gasteiger partial charge on any atom is -0.0622 e. The zero-order valence-electron chi connectivity index (χ0n) is 31.0. The van der Waals surface area contributed by atoms with E-state index in [2.05, 4.69) is 208 Å². The highest BCUT2D eigenvalue weighted by Gasteiger charge is 2.37. The normalized spacial score (nSPS) is 13.1. The van der Waals surface area contributed by atoms with E-state index in [0.717, 1.165) is 0 Å². The lowest BCUT2D eigenvalue weighted by Crippen LogP contribution is -2.15. The molecule has 0 spiro atoms. The lowest BCUT2D eigenvalue weighted by atomic mass is 9.79. The van der Waals surface area contributed by atoms with Gasteiger partial charge in [-0.25, -0.2) is 0 Å². The smallest absolute Gasteiger partial charge is 0.0159 e. The van der Waals surface area contributed by atoms with Gasteiger partial charge in [-0.15, -0.1) is 0 Å². The maximum Gasteiger partial charge on any atom is 0.0159 e. The van der Waals surface area contributed by atoms with Crippen molar-refractivity contribution in [3.05, 3.63) is 205 Å². The van der Waals surface area contributed by atoms with Crippen molar-refractivity contribution in [2.24, 2.45) is 0 Å².